The normalized spacial score (nSPS) is 10.4. The lowest BCUT2D eigenvalue weighted by atomic mass is 10.1. The van der Waals surface area contributed by atoms with Gasteiger partial charge in [0.15, 0.2) is 5.78 Å². The summed E-state index contributed by atoms with van der Waals surface area (Å²) in [6.07, 6.45) is 0. The Morgan fingerprint density at radius 3 is 2.53 bits per heavy atom. The third kappa shape index (κ3) is 2.86. The van der Waals surface area contributed by atoms with Crippen molar-refractivity contribution in [1.82, 2.24) is 0 Å². The van der Waals surface area contributed by atoms with Gasteiger partial charge in [0.05, 0.1) is 4.92 Å². The molecule has 0 saturated carbocycles. The molecule has 1 rings (SSSR count). The number of nitrogens with two attached hydrogens (primary N) is 1. The number of ether oxygens (including phenoxy) is 1. The van der Waals surface area contributed by atoms with Crippen molar-refractivity contribution >= 4 is 17.2 Å². The van der Waals surface area contributed by atoms with Gasteiger partial charge in [-0.15, -0.1) is 0 Å². The summed E-state index contributed by atoms with van der Waals surface area (Å²) < 4.78 is 28.1. The standard InChI is InChI=1S/C9H8F2N2O4/c1-4(14)5-2-6(12)8(13(15)16)7(3-5)17-9(10)11/h2-3,9H,12H2,1H3. The Kier molecular flexibility index (Phi) is 3.56. The van der Waals surface area contributed by atoms with E-state index in [1.165, 1.54) is 6.92 Å². The molecule has 0 unspecified atom stereocenters. The molecule has 17 heavy (non-hydrogen) atoms. The van der Waals surface area contributed by atoms with Crippen molar-refractivity contribution in [2.24, 2.45) is 0 Å². The number of rotatable bonds is 4. The van der Waals surface area contributed by atoms with Crippen LogP contribution in [-0.2, 0) is 0 Å². The van der Waals surface area contributed by atoms with Gasteiger partial charge < -0.3 is 10.5 Å². The van der Waals surface area contributed by atoms with Gasteiger partial charge in [-0.25, -0.2) is 0 Å². The maximum Gasteiger partial charge on any atom is 0.387 e. The minimum atomic E-state index is -3.24. The zero-order valence-electron chi connectivity index (χ0n) is 8.65. The Balaban J connectivity index is 3.39. The maximum atomic E-state index is 12.1. The zero-order valence-corrected chi connectivity index (χ0v) is 8.65. The van der Waals surface area contributed by atoms with E-state index in [9.17, 15) is 23.7 Å². The fraction of sp³-hybridized carbons (Fsp3) is 0.222. The molecule has 1 aromatic rings. The fourth-order valence-corrected chi connectivity index (χ4v) is 1.21. The first-order chi connectivity index (χ1) is 7.82. The number of ketones is 1. The van der Waals surface area contributed by atoms with Crippen molar-refractivity contribution in [2.75, 3.05) is 5.73 Å². The predicted octanol–water partition coefficient (Wildman–Crippen LogP) is 1.98. The van der Waals surface area contributed by atoms with Crippen molar-refractivity contribution < 1.29 is 23.2 Å². The number of carbonyl (C=O) groups is 1. The molecule has 0 spiro atoms. The highest BCUT2D eigenvalue weighted by atomic mass is 19.3. The summed E-state index contributed by atoms with van der Waals surface area (Å²) in [4.78, 5) is 20.7. The third-order valence-corrected chi connectivity index (χ3v) is 1.91. The first kappa shape index (κ1) is 12.8. The Morgan fingerprint density at radius 2 is 2.12 bits per heavy atom. The zero-order chi connectivity index (χ0) is 13.2. The van der Waals surface area contributed by atoms with Crippen LogP contribution in [0.5, 0.6) is 5.75 Å². The van der Waals surface area contributed by atoms with Gasteiger partial charge in [0, 0.05) is 5.56 Å². The second kappa shape index (κ2) is 4.73. The molecule has 2 N–H and O–H groups in total. The van der Waals surface area contributed by atoms with Gasteiger partial charge in [0.25, 0.3) is 0 Å². The second-order valence-corrected chi connectivity index (χ2v) is 3.10. The van der Waals surface area contributed by atoms with Gasteiger partial charge in [-0.2, -0.15) is 8.78 Å². The van der Waals surface area contributed by atoms with Crippen molar-refractivity contribution in [3.05, 3.63) is 27.8 Å². The minimum Gasteiger partial charge on any atom is -0.427 e. The Labute approximate surface area is 94.1 Å². The summed E-state index contributed by atoms with van der Waals surface area (Å²) in [7, 11) is 0. The summed E-state index contributed by atoms with van der Waals surface area (Å²) in [5.74, 6) is -1.19. The third-order valence-electron chi connectivity index (χ3n) is 1.91. The van der Waals surface area contributed by atoms with Gasteiger partial charge in [0.1, 0.15) is 5.69 Å². The molecule has 0 aliphatic heterocycles. The molecular formula is C9H8F2N2O4. The SMILES string of the molecule is CC(=O)c1cc(N)c([N+](=O)[O-])c(OC(F)F)c1. The molecule has 92 valence electrons. The van der Waals surface area contributed by atoms with E-state index in [4.69, 9.17) is 5.73 Å². The number of nitrogen functional groups attached to an aromatic ring is 1. The first-order valence-corrected chi connectivity index (χ1v) is 4.36. The number of anilines is 1. The quantitative estimate of drug-likeness (QED) is 0.379. The highest BCUT2D eigenvalue weighted by molar-refractivity contribution is 5.96. The van der Waals surface area contributed by atoms with Crippen LogP contribution in [0.3, 0.4) is 0 Å². The van der Waals surface area contributed by atoms with Gasteiger partial charge in [-0.05, 0) is 19.1 Å². The van der Waals surface area contributed by atoms with Gasteiger partial charge >= 0.3 is 12.3 Å². The first-order valence-electron chi connectivity index (χ1n) is 4.36. The molecular weight excluding hydrogens is 238 g/mol. The van der Waals surface area contributed by atoms with Crippen LogP contribution in [0.15, 0.2) is 12.1 Å². The van der Waals surface area contributed by atoms with Crippen LogP contribution in [-0.4, -0.2) is 17.3 Å². The number of nitrogens with zero attached hydrogens (tertiary/aromatic N) is 1. The van der Waals surface area contributed by atoms with Crippen molar-refractivity contribution in [3.63, 3.8) is 0 Å². The van der Waals surface area contributed by atoms with Crippen LogP contribution in [0.2, 0.25) is 0 Å². The molecule has 0 saturated heterocycles. The molecule has 0 aliphatic carbocycles. The van der Waals surface area contributed by atoms with Crippen LogP contribution in [0.1, 0.15) is 17.3 Å². The molecule has 6 nitrogen and oxygen atoms in total. The lowest BCUT2D eigenvalue weighted by Gasteiger charge is -2.08. The van der Waals surface area contributed by atoms with Gasteiger partial charge in [-0.1, -0.05) is 0 Å². The molecule has 1 aromatic carbocycles. The summed E-state index contributed by atoms with van der Waals surface area (Å²) in [6, 6.07) is 1.90. The Morgan fingerprint density at radius 1 is 1.53 bits per heavy atom. The highest BCUT2D eigenvalue weighted by Gasteiger charge is 2.24. The van der Waals surface area contributed by atoms with Gasteiger partial charge in [-0.3, -0.25) is 14.9 Å². The predicted molar refractivity (Wildman–Crippen MR) is 54.1 cm³/mol. The molecule has 0 aromatic heterocycles. The topological polar surface area (TPSA) is 95.5 Å². The number of hydrogen-bond acceptors (Lipinski definition) is 5. The molecule has 8 heteroatoms. The average molecular weight is 246 g/mol. The Hall–Kier alpha value is -2.25. The summed E-state index contributed by atoms with van der Waals surface area (Å²) in [5, 5.41) is 10.6. The average Bonchev–Trinajstić information content (AvgIpc) is 2.14. The smallest absolute Gasteiger partial charge is 0.387 e. The van der Waals surface area contributed by atoms with Crippen LogP contribution in [0, 0.1) is 10.1 Å². The number of nitro benzene ring substituents is 1. The van der Waals surface area contributed by atoms with E-state index >= 15 is 0 Å². The lowest BCUT2D eigenvalue weighted by Crippen LogP contribution is -2.08. The Bertz CT molecular complexity index is 476. The van der Waals surface area contributed by atoms with E-state index in [1.807, 2.05) is 0 Å². The molecule has 0 amide bonds. The van der Waals surface area contributed by atoms with Crippen LogP contribution >= 0.6 is 0 Å². The van der Waals surface area contributed by atoms with Crippen molar-refractivity contribution in [3.8, 4) is 5.75 Å². The number of carbonyl (C=O) groups excluding carboxylic acids is 1. The van der Waals surface area contributed by atoms with Crippen LogP contribution in [0.4, 0.5) is 20.2 Å². The molecule has 0 heterocycles. The lowest BCUT2D eigenvalue weighted by molar-refractivity contribution is -0.385. The maximum absolute atomic E-state index is 12.1. The van der Waals surface area contributed by atoms with Gasteiger partial charge in [0.2, 0.25) is 5.75 Å². The number of halogens is 2. The number of Topliss-reactive ketones (excluding diaryl/α,β-unsaturated/α-hetero) is 1. The van der Waals surface area contributed by atoms with Crippen molar-refractivity contribution in [2.45, 2.75) is 13.5 Å². The van der Waals surface area contributed by atoms with E-state index in [0.717, 1.165) is 12.1 Å². The summed E-state index contributed by atoms with van der Waals surface area (Å²) >= 11 is 0. The number of alkyl halides is 2. The van der Waals surface area contributed by atoms with Crippen LogP contribution in [0.25, 0.3) is 0 Å². The number of hydrogen-bond donors (Lipinski definition) is 1. The minimum absolute atomic E-state index is 0.0382. The summed E-state index contributed by atoms with van der Waals surface area (Å²) in [6.45, 7) is -2.07. The largest absolute Gasteiger partial charge is 0.427 e. The summed E-state index contributed by atoms with van der Waals surface area (Å²) in [5.41, 5.74) is 4.09. The molecule has 0 bridgehead atoms. The van der Waals surface area contributed by atoms with Crippen molar-refractivity contribution in [1.29, 1.82) is 0 Å². The van der Waals surface area contributed by atoms with Crippen LogP contribution < -0.4 is 10.5 Å². The number of benzene rings is 1. The van der Waals surface area contributed by atoms with E-state index in [0.29, 0.717) is 0 Å². The number of nitro groups is 1. The molecule has 0 atom stereocenters. The molecule has 0 aliphatic rings. The monoisotopic (exact) mass is 246 g/mol. The molecule has 0 radical (unpaired) electrons. The fourth-order valence-electron chi connectivity index (χ4n) is 1.21. The van der Waals surface area contributed by atoms with E-state index in [-0.39, 0.29) is 5.56 Å². The molecule has 0 fully saturated rings. The second-order valence-electron chi connectivity index (χ2n) is 3.10. The van der Waals surface area contributed by atoms with E-state index in [2.05, 4.69) is 4.74 Å². The van der Waals surface area contributed by atoms with E-state index < -0.39 is 34.4 Å². The highest BCUT2D eigenvalue weighted by Crippen LogP contribution is 2.35. The van der Waals surface area contributed by atoms with E-state index in [1.54, 1.807) is 0 Å².